The highest BCUT2D eigenvalue weighted by molar-refractivity contribution is 9.10. The minimum atomic E-state index is -0.196. The average molecular weight is 337 g/mol. The molecule has 0 amide bonds. The number of nitrogens with zero attached hydrogens (tertiary/aromatic N) is 4. The van der Waals surface area contributed by atoms with Crippen molar-refractivity contribution in [2.45, 2.75) is 0 Å². The minimum absolute atomic E-state index is 0.196. The van der Waals surface area contributed by atoms with Gasteiger partial charge in [0.25, 0.3) is 0 Å². The molecule has 0 bridgehead atoms. The Bertz CT molecular complexity index is 582. The zero-order valence-electron chi connectivity index (χ0n) is 10.8. The van der Waals surface area contributed by atoms with Gasteiger partial charge < -0.3 is 9.80 Å². The van der Waals surface area contributed by atoms with E-state index in [1.165, 1.54) is 12.1 Å². The third-order valence-corrected chi connectivity index (χ3v) is 3.85. The standard InChI is InChI=1S/C14H14BrFN4/c15-13-9-14(18-10-17-13)20-7-5-19(6-8-20)12-3-1-11(16)2-4-12/h1-4,9-10H,5-8H2. The molecule has 1 aliphatic rings. The fourth-order valence-corrected chi connectivity index (χ4v) is 2.64. The third-order valence-electron chi connectivity index (χ3n) is 3.41. The fraction of sp³-hybridized carbons (Fsp3) is 0.286. The summed E-state index contributed by atoms with van der Waals surface area (Å²) < 4.78 is 13.7. The van der Waals surface area contributed by atoms with Crippen molar-refractivity contribution in [1.82, 2.24) is 9.97 Å². The molecule has 0 N–H and O–H groups in total. The molecule has 6 heteroatoms. The predicted molar refractivity (Wildman–Crippen MR) is 80.6 cm³/mol. The van der Waals surface area contributed by atoms with Gasteiger partial charge in [0.15, 0.2) is 0 Å². The van der Waals surface area contributed by atoms with E-state index in [-0.39, 0.29) is 5.82 Å². The van der Waals surface area contributed by atoms with Crippen LogP contribution in [0, 0.1) is 5.82 Å². The van der Waals surface area contributed by atoms with E-state index in [4.69, 9.17) is 0 Å². The van der Waals surface area contributed by atoms with Crippen molar-refractivity contribution >= 4 is 27.4 Å². The molecule has 1 saturated heterocycles. The van der Waals surface area contributed by atoms with Crippen molar-refractivity contribution in [2.75, 3.05) is 36.0 Å². The average Bonchev–Trinajstić information content (AvgIpc) is 2.48. The molecule has 0 saturated carbocycles. The molecule has 104 valence electrons. The first-order valence-corrected chi connectivity index (χ1v) is 7.25. The molecule has 0 unspecified atom stereocenters. The van der Waals surface area contributed by atoms with Crippen LogP contribution in [0.2, 0.25) is 0 Å². The molecule has 0 radical (unpaired) electrons. The van der Waals surface area contributed by atoms with Crippen LogP contribution >= 0.6 is 15.9 Å². The van der Waals surface area contributed by atoms with Crippen LogP contribution in [0.3, 0.4) is 0 Å². The second-order valence-corrected chi connectivity index (χ2v) is 5.46. The molecule has 1 aliphatic heterocycles. The van der Waals surface area contributed by atoms with E-state index in [0.29, 0.717) is 0 Å². The Balaban J connectivity index is 1.66. The van der Waals surface area contributed by atoms with Crippen molar-refractivity contribution < 1.29 is 4.39 Å². The quantitative estimate of drug-likeness (QED) is 0.789. The predicted octanol–water partition coefficient (Wildman–Crippen LogP) is 2.70. The smallest absolute Gasteiger partial charge is 0.133 e. The number of rotatable bonds is 2. The van der Waals surface area contributed by atoms with Crippen LogP contribution in [0.1, 0.15) is 0 Å². The molecule has 20 heavy (non-hydrogen) atoms. The molecule has 2 heterocycles. The van der Waals surface area contributed by atoms with E-state index >= 15 is 0 Å². The van der Waals surface area contributed by atoms with E-state index in [1.807, 2.05) is 18.2 Å². The SMILES string of the molecule is Fc1ccc(N2CCN(c3cc(Br)ncn3)CC2)cc1. The maximum absolute atomic E-state index is 12.9. The Morgan fingerprint density at radius 3 is 2.25 bits per heavy atom. The molecule has 0 aliphatic carbocycles. The lowest BCUT2D eigenvalue weighted by molar-refractivity contribution is 0.624. The first-order chi connectivity index (χ1) is 9.72. The Morgan fingerprint density at radius 1 is 0.950 bits per heavy atom. The van der Waals surface area contributed by atoms with Gasteiger partial charge in [-0.3, -0.25) is 0 Å². The van der Waals surface area contributed by atoms with E-state index < -0.39 is 0 Å². The van der Waals surface area contributed by atoms with E-state index in [2.05, 4.69) is 35.7 Å². The van der Waals surface area contributed by atoms with Crippen molar-refractivity contribution in [3.8, 4) is 0 Å². The van der Waals surface area contributed by atoms with Gasteiger partial charge in [0.05, 0.1) is 0 Å². The van der Waals surface area contributed by atoms with Crippen molar-refractivity contribution in [3.05, 3.63) is 47.1 Å². The molecule has 3 rings (SSSR count). The summed E-state index contributed by atoms with van der Waals surface area (Å²) in [4.78, 5) is 12.8. The monoisotopic (exact) mass is 336 g/mol. The summed E-state index contributed by atoms with van der Waals surface area (Å²) in [5.41, 5.74) is 1.06. The Morgan fingerprint density at radius 2 is 1.60 bits per heavy atom. The van der Waals surface area contributed by atoms with Crippen LogP contribution in [0.15, 0.2) is 41.3 Å². The molecule has 4 nitrogen and oxygen atoms in total. The highest BCUT2D eigenvalue weighted by Gasteiger charge is 2.18. The van der Waals surface area contributed by atoms with Gasteiger partial charge in [-0.15, -0.1) is 0 Å². The van der Waals surface area contributed by atoms with Gasteiger partial charge in [-0.2, -0.15) is 0 Å². The van der Waals surface area contributed by atoms with Crippen LogP contribution in [0.4, 0.5) is 15.9 Å². The van der Waals surface area contributed by atoms with Gasteiger partial charge in [-0.25, -0.2) is 14.4 Å². The first kappa shape index (κ1) is 13.3. The molecule has 1 fully saturated rings. The number of halogens is 2. The number of aromatic nitrogens is 2. The second kappa shape index (κ2) is 5.75. The molecule has 0 spiro atoms. The molecule has 1 aromatic carbocycles. The topological polar surface area (TPSA) is 32.3 Å². The van der Waals surface area contributed by atoms with Gasteiger partial charge in [-0.1, -0.05) is 0 Å². The van der Waals surface area contributed by atoms with Crippen molar-refractivity contribution in [1.29, 1.82) is 0 Å². The third kappa shape index (κ3) is 2.90. The number of hydrogen-bond donors (Lipinski definition) is 0. The zero-order chi connectivity index (χ0) is 13.9. The lowest BCUT2D eigenvalue weighted by Gasteiger charge is -2.36. The number of hydrogen-bond acceptors (Lipinski definition) is 4. The maximum atomic E-state index is 12.9. The lowest BCUT2D eigenvalue weighted by Crippen LogP contribution is -2.46. The molecular weight excluding hydrogens is 323 g/mol. The van der Waals surface area contributed by atoms with Gasteiger partial charge in [-0.05, 0) is 40.2 Å². The highest BCUT2D eigenvalue weighted by Crippen LogP contribution is 2.20. The number of anilines is 2. The summed E-state index contributed by atoms with van der Waals surface area (Å²) in [7, 11) is 0. The number of piperazine rings is 1. The zero-order valence-corrected chi connectivity index (χ0v) is 12.4. The largest absolute Gasteiger partial charge is 0.368 e. The molecule has 0 atom stereocenters. The summed E-state index contributed by atoms with van der Waals surface area (Å²) >= 11 is 3.36. The molecule has 1 aromatic heterocycles. The van der Waals surface area contributed by atoms with Gasteiger partial charge in [0, 0.05) is 37.9 Å². The minimum Gasteiger partial charge on any atom is -0.368 e. The second-order valence-electron chi connectivity index (χ2n) is 4.65. The lowest BCUT2D eigenvalue weighted by atomic mass is 10.2. The van der Waals surface area contributed by atoms with Gasteiger partial charge >= 0.3 is 0 Å². The molecular formula is C14H14BrFN4. The summed E-state index contributed by atoms with van der Waals surface area (Å²) in [6, 6.07) is 8.58. The van der Waals surface area contributed by atoms with Crippen LogP contribution in [0.25, 0.3) is 0 Å². The Hall–Kier alpha value is -1.69. The van der Waals surface area contributed by atoms with Gasteiger partial charge in [0.2, 0.25) is 0 Å². The van der Waals surface area contributed by atoms with Crippen LogP contribution in [-0.2, 0) is 0 Å². The van der Waals surface area contributed by atoms with Gasteiger partial charge in [0.1, 0.15) is 22.6 Å². The maximum Gasteiger partial charge on any atom is 0.133 e. The highest BCUT2D eigenvalue weighted by atomic mass is 79.9. The van der Waals surface area contributed by atoms with Crippen LogP contribution < -0.4 is 9.80 Å². The Kier molecular flexibility index (Phi) is 3.82. The summed E-state index contributed by atoms with van der Waals surface area (Å²) in [5, 5.41) is 0. The molecule has 2 aromatic rings. The van der Waals surface area contributed by atoms with E-state index in [0.717, 1.165) is 42.3 Å². The summed E-state index contributed by atoms with van der Waals surface area (Å²) in [6.07, 6.45) is 1.56. The number of benzene rings is 1. The van der Waals surface area contributed by atoms with E-state index in [1.54, 1.807) is 6.33 Å². The van der Waals surface area contributed by atoms with Crippen LogP contribution in [0.5, 0.6) is 0 Å². The normalized spacial score (nSPS) is 15.5. The Labute approximate surface area is 125 Å². The summed E-state index contributed by atoms with van der Waals surface area (Å²) in [5.74, 6) is 0.740. The van der Waals surface area contributed by atoms with E-state index in [9.17, 15) is 4.39 Å². The summed E-state index contributed by atoms with van der Waals surface area (Å²) in [6.45, 7) is 3.57. The van der Waals surface area contributed by atoms with Crippen LogP contribution in [-0.4, -0.2) is 36.1 Å². The van der Waals surface area contributed by atoms with Crippen molar-refractivity contribution in [3.63, 3.8) is 0 Å². The first-order valence-electron chi connectivity index (χ1n) is 6.45. The van der Waals surface area contributed by atoms with Crippen molar-refractivity contribution in [2.24, 2.45) is 0 Å². The fourth-order valence-electron chi connectivity index (χ4n) is 2.34.